The molecule has 10 heteroatoms. The number of nitrogens with one attached hydrogen (secondary N) is 1. The van der Waals surface area contributed by atoms with Gasteiger partial charge < -0.3 is 29.0 Å². The summed E-state index contributed by atoms with van der Waals surface area (Å²) in [6.45, 7) is 4.36. The molecule has 1 N–H and O–H groups in total. The minimum atomic E-state index is -0.0792. The Bertz CT molecular complexity index is 914. The number of halogens is 2. The lowest BCUT2D eigenvalue weighted by Crippen LogP contribution is -2.53. The quantitative estimate of drug-likeness (QED) is 0.353. The second-order valence-electron chi connectivity index (χ2n) is 7.11. The first-order valence-electron chi connectivity index (χ1n) is 10.0. The summed E-state index contributed by atoms with van der Waals surface area (Å²) in [6.07, 6.45) is 2.35. The molecular formula is C21H26ClIN4O4. The van der Waals surface area contributed by atoms with Crippen LogP contribution >= 0.6 is 35.6 Å². The Kier molecular flexibility index (Phi) is 8.30. The highest BCUT2D eigenvalue weighted by Crippen LogP contribution is 2.37. The number of guanidine groups is 1. The first kappa shape index (κ1) is 23.5. The van der Waals surface area contributed by atoms with Gasteiger partial charge in [-0.25, -0.2) is 0 Å². The molecular weight excluding hydrogens is 535 g/mol. The van der Waals surface area contributed by atoms with E-state index in [1.807, 2.05) is 12.1 Å². The summed E-state index contributed by atoms with van der Waals surface area (Å²) >= 11 is 6.39. The Labute approximate surface area is 203 Å². The molecule has 4 rings (SSSR count). The number of furan rings is 1. The van der Waals surface area contributed by atoms with Crippen molar-refractivity contribution in [2.24, 2.45) is 4.99 Å². The minimum absolute atomic E-state index is 0. The number of nitrogens with zero attached hydrogens (tertiary/aromatic N) is 3. The van der Waals surface area contributed by atoms with Crippen LogP contribution in [-0.4, -0.2) is 68.1 Å². The number of carbonyl (C=O) groups is 1. The normalized spacial score (nSPS) is 16.4. The number of aliphatic imine (C=N–C) groups is 1. The Hall–Kier alpha value is -2.14. The topological polar surface area (TPSA) is 79.5 Å². The Morgan fingerprint density at radius 3 is 2.61 bits per heavy atom. The molecule has 0 radical (unpaired) electrons. The van der Waals surface area contributed by atoms with Crippen LogP contribution in [0.15, 0.2) is 39.9 Å². The molecule has 2 aliphatic heterocycles. The molecule has 1 saturated heterocycles. The van der Waals surface area contributed by atoms with Crippen LogP contribution in [0, 0.1) is 0 Å². The summed E-state index contributed by atoms with van der Waals surface area (Å²) in [5.41, 5.74) is 0.983. The third kappa shape index (κ3) is 5.57. The lowest BCUT2D eigenvalue weighted by Gasteiger charge is -2.36. The number of rotatable bonds is 3. The summed E-state index contributed by atoms with van der Waals surface area (Å²) < 4.78 is 16.7. The van der Waals surface area contributed by atoms with Gasteiger partial charge in [0.05, 0.1) is 24.5 Å². The molecule has 8 nitrogen and oxygen atoms in total. The van der Waals surface area contributed by atoms with Gasteiger partial charge in [0.2, 0.25) is 0 Å². The Balaban J connectivity index is 0.00000272. The molecule has 0 unspecified atom stereocenters. The van der Waals surface area contributed by atoms with Gasteiger partial charge >= 0.3 is 0 Å². The van der Waals surface area contributed by atoms with E-state index in [0.717, 1.165) is 17.9 Å². The van der Waals surface area contributed by atoms with Gasteiger partial charge in [-0.3, -0.25) is 9.79 Å². The third-order valence-corrected chi connectivity index (χ3v) is 5.40. The van der Waals surface area contributed by atoms with Gasteiger partial charge in [0.25, 0.3) is 5.91 Å². The van der Waals surface area contributed by atoms with Gasteiger partial charge in [-0.1, -0.05) is 11.6 Å². The average molecular weight is 561 g/mol. The molecule has 1 fully saturated rings. The van der Waals surface area contributed by atoms with Crippen molar-refractivity contribution in [3.05, 3.63) is 46.9 Å². The van der Waals surface area contributed by atoms with Crippen molar-refractivity contribution < 1.29 is 18.7 Å². The lowest BCUT2D eigenvalue weighted by atomic mass is 10.2. The van der Waals surface area contributed by atoms with E-state index in [1.165, 1.54) is 6.26 Å². The summed E-state index contributed by atoms with van der Waals surface area (Å²) in [5.74, 6) is 2.36. The molecule has 3 heterocycles. The van der Waals surface area contributed by atoms with Gasteiger partial charge in [-0.15, -0.1) is 24.0 Å². The maximum atomic E-state index is 12.4. The number of hydrogen-bond donors (Lipinski definition) is 1. The van der Waals surface area contributed by atoms with Crippen LogP contribution in [0.2, 0.25) is 5.02 Å². The van der Waals surface area contributed by atoms with Gasteiger partial charge in [0.15, 0.2) is 23.2 Å². The Morgan fingerprint density at radius 2 is 1.90 bits per heavy atom. The number of piperazine rings is 1. The fourth-order valence-electron chi connectivity index (χ4n) is 3.58. The van der Waals surface area contributed by atoms with Crippen LogP contribution in [0.1, 0.15) is 22.5 Å². The first-order valence-corrected chi connectivity index (χ1v) is 10.4. The fraction of sp³-hybridized carbons (Fsp3) is 0.429. The molecule has 0 saturated carbocycles. The molecule has 2 aromatic rings. The number of hydrogen-bond acceptors (Lipinski definition) is 5. The predicted octanol–water partition coefficient (Wildman–Crippen LogP) is 3.25. The summed E-state index contributed by atoms with van der Waals surface area (Å²) in [5, 5.41) is 3.92. The van der Waals surface area contributed by atoms with Crippen molar-refractivity contribution in [3.63, 3.8) is 0 Å². The van der Waals surface area contributed by atoms with Crippen molar-refractivity contribution in [1.82, 2.24) is 15.1 Å². The van der Waals surface area contributed by atoms with Crippen LogP contribution in [0.4, 0.5) is 0 Å². The lowest BCUT2D eigenvalue weighted by molar-refractivity contribution is 0.0657. The fourth-order valence-corrected chi connectivity index (χ4v) is 3.86. The van der Waals surface area contributed by atoms with Crippen LogP contribution in [0.25, 0.3) is 0 Å². The van der Waals surface area contributed by atoms with Crippen molar-refractivity contribution in [1.29, 1.82) is 0 Å². The molecule has 0 aliphatic carbocycles. The molecule has 0 bridgehead atoms. The van der Waals surface area contributed by atoms with E-state index in [1.54, 1.807) is 24.1 Å². The number of benzene rings is 1. The summed E-state index contributed by atoms with van der Waals surface area (Å²) in [4.78, 5) is 20.7. The largest absolute Gasteiger partial charge is 0.489 e. The zero-order chi connectivity index (χ0) is 20.9. The van der Waals surface area contributed by atoms with Crippen molar-refractivity contribution in [3.8, 4) is 11.5 Å². The number of amides is 1. The van der Waals surface area contributed by atoms with E-state index < -0.39 is 0 Å². The standard InChI is InChI=1S/C21H25ClN4O4.HI/c1-23-21(26-7-5-25(6-8-26)20(27)17-4-2-9-28-17)24-14-15-12-16(22)19-18(13-15)29-10-3-11-30-19;/h2,4,9,12-13H,3,5-8,10-11,14H2,1H3,(H,23,24);1H. The molecule has 1 aromatic heterocycles. The minimum Gasteiger partial charge on any atom is -0.489 e. The predicted molar refractivity (Wildman–Crippen MR) is 129 cm³/mol. The van der Waals surface area contributed by atoms with Crippen LogP contribution in [0.3, 0.4) is 0 Å². The van der Waals surface area contributed by atoms with Crippen LogP contribution < -0.4 is 14.8 Å². The van der Waals surface area contributed by atoms with Crippen molar-refractivity contribution in [2.75, 3.05) is 46.4 Å². The Morgan fingerprint density at radius 1 is 1.16 bits per heavy atom. The molecule has 2 aliphatic rings. The second kappa shape index (κ2) is 10.9. The maximum Gasteiger partial charge on any atom is 0.289 e. The SMILES string of the molecule is CN=C(NCc1cc(Cl)c2c(c1)OCCCO2)N1CCN(C(=O)c2ccco2)CC1.I. The smallest absolute Gasteiger partial charge is 0.289 e. The van der Waals surface area contributed by atoms with Crippen molar-refractivity contribution in [2.45, 2.75) is 13.0 Å². The van der Waals surface area contributed by atoms with E-state index in [9.17, 15) is 4.79 Å². The van der Waals surface area contributed by atoms with Crippen LogP contribution in [0.5, 0.6) is 11.5 Å². The molecule has 0 atom stereocenters. The molecule has 1 aromatic carbocycles. The zero-order valence-corrected chi connectivity index (χ0v) is 20.4. The van der Waals surface area contributed by atoms with E-state index >= 15 is 0 Å². The van der Waals surface area contributed by atoms with Gasteiger partial charge in [-0.05, 0) is 29.8 Å². The van der Waals surface area contributed by atoms with E-state index in [-0.39, 0.29) is 29.9 Å². The van der Waals surface area contributed by atoms with Crippen molar-refractivity contribution >= 4 is 47.4 Å². The average Bonchev–Trinajstić information content (AvgIpc) is 3.20. The molecule has 1 amide bonds. The van der Waals surface area contributed by atoms with Crippen LogP contribution in [-0.2, 0) is 6.54 Å². The van der Waals surface area contributed by atoms with Gasteiger partial charge in [-0.2, -0.15) is 0 Å². The molecule has 31 heavy (non-hydrogen) atoms. The number of carbonyl (C=O) groups excluding carboxylic acids is 1. The van der Waals surface area contributed by atoms with Gasteiger partial charge in [0, 0.05) is 46.2 Å². The van der Waals surface area contributed by atoms with Gasteiger partial charge in [0.1, 0.15) is 0 Å². The maximum absolute atomic E-state index is 12.4. The molecule has 0 spiro atoms. The number of fused-ring (bicyclic) bond motifs is 1. The first-order chi connectivity index (χ1) is 14.7. The highest BCUT2D eigenvalue weighted by atomic mass is 127. The van der Waals surface area contributed by atoms with E-state index in [2.05, 4.69) is 15.2 Å². The molecule has 168 valence electrons. The highest BCUT2D eigenvalue weighted by molar-refractivity contribution is 14.0. The third-order valence-electron chi connectivity index (χ3n) is 5.12. The second-order valence-corrected chi connectivity index (χ2v) is 7.52. The highest BCUT2D eigenvalue weighted by Gasteiger charge is 2.25. The zero-order valence-electron chi connectivity index (χ0n) is 17.3. The van der Waals surface area contributed by atoms with E-state index in [4.69, 9.17) is 25.5 Å². The van der Waals surface area contributed by atoms with E-state index in [0.29, 0.717) is 68.2 Å². The monoisotopic (exact) mass is 560 g/mol. The summed E-state index contributed by atoms with van der Waals surface area (Å²) in [6, 6.07) is 7.25. The number of ether oxygens (including phenoxy) is 2. The summed E-state index contributed by atoms with van der Waals surface area (Å²) in [7, 11) is 1.75.